The normalized spacial score (nSPS) is 28.4. The van der Waals surface area contributed by atoms with E-state index in [9.17, 15) is 14.0 Å². The summed E-state index contributed by atoms with van der Waals surface area (Å²) in [7, 11) is 0. The number of hydrogen-bond donors (Lipinski definition) is 2. The smallest absolute Gasteiger partial charge is 0.261 e. The molecule has 5 nitrogen and oxygen atoms in total. The van der Waals surface area contributed by atoms with Gasteiger partial charge in [-0.05, 0) is 38.1 Å². The van der Waals surface area contributed by atoms with Gasteiger partial charge in [0.05, 0.1) is 0 Å². The van der Waals surface area contributed by atoms with Gasteiger partial charge in [0.25, 0.3) is 5.91 Å². The van der Waals surface area contributed by atoms with Crippen molar-refractivity contribution in [3.63, 3.8) is 0 Å². The van der Waals surface area contributed by atoms with Crippen LogP contribution in [-0.2, 0) is 9.59 Å². The van der Waals surface area contributed by atoms with Crippen molar-refractivity contribution in [2.24, 2.45) is 5.92 Å². The van der Waals surface area contributed by atoms with Crippen LogP contribution in [0.5, 0.6) is 0 Å². The van der Waals surface area contributed by atoms with Gasteiger partial charge < -0.3 is 15.5 Å². The van der Waals surface area contributed by atoms with Crippen molar-refractivity contribution in [2.45, 2.75) is 69.5 Å². The van der Waals surface area contributed by atoms with Gasteiger partial charge in [-0.3, -0.25) is 9.59 Å². The molecule has 144 valence electrons. The van der Waals surface area contributed by atoms with Crippen molar-refractivity contribution >= 4 is 24.2 Å². The molecule has 25 heavy (non-hydrogen) atoms. The maximum Gasteiger partial charge on any atom is 0.261 e. The van der Waals surface area contributed by atoms with Crippen molar-refractivity contribution in [3.8, 4) is 0 Å². The average molecular weight is 376 g/mol. The fourth-order valence-corrected chi connectivity index (χ4v) is 4.29. The molecule has 1 atom stereocenters. The number of halogens is 2. The third-order valence-electron chi connectivity index (χ3n) is 5.83. The Balaban J connectivity index is 0.00000225. The lowest BCUT2D eigenvalue weighted by Gasteiger charge is -2.35. The summed E-state index contributed by atoms with van der Waals surface area (Å²) >= 11 is 0. The fraction of sp³-hybridized carbons (Fsp3) is 0.889. The summed E-state index contributed by atoms with van der Waals surface area (Å²) in [5.41, 5.74) is -1.73. The van der Waals surface area contributed by atoms with Crippen LogP contribution in [0.1, 0.15) is 57.8 Å². The molecule has 3 fully saturated rings. The number of alkyl halides is 1. The SMILES string of the molecule is Cl.O=C(CC1CCCCC1)NC1CCN(C(=O)C2(F)CCNC2)CC1. The van der Waals surface area contributed by atoms with Crippen LogP contribution in [0.15, 0.2) is 0 Å². The van der Waals surface area contributed by atoms with Crippen molar-refractivity contribution in [1.82, 2.24) is 15.5 Å². The Morgan fingerprint density at radius 3 is 2.40 bits per heavy atom. The molecule has 2 N–H and O–H groups in total. The van der Waals surface area contributed by atoms with Gasteiger partial charge in [-0.2, -0.15) is 0 Å². The Labute approximate surface area is 155 Å². The Bertz CT molecular complexity index is 457. The third-order valence-corrected chi connectivity index (χ3v) is 5.83. The highest BCUT2D eigenvalue weighted by Crippen LogP contribution is 2.27. The summed E-state index contributed by atoms with van der Waals surface area (Å²) < 4.78 is 14.5. The first-order valence-electron chi connectivity index (χ1n) is 9.55. The van der Waals surface area contributed by atoms with Crippen molar-refractivity contribution in [2.75, 3.05) is 26.2 Å². The largest absolute Gasteiger partial charge is 0.353 e. The highest BCUT2D eigenvalue weighted by atomic mass is 35.5. The standard InChI is InChI=1S/C18H30FN3O2.ClH/c19-18(8-9-20-13-18)17(24)22-10-6-15(7-11-22)21-16(23)12-14-4-2-1-3-5-14;/h14-15,20H,1-13H2,(H,21,23);1H. The molecule has 1 saturated carbocycles. The van der Waals surface area contributed by atoms with E-state index in [-0.39, 0.29) is 43.2 Å². The second-order valence-corrected chi connectivity index (χ2v) is 7.73. The van der Waals surface area contributed by atoms with E-state index in [1.165, 1.54) is 32.1 Å². The van der Waals surface area contributed by atoms with E-state index >= 15 is 0 Å². The summed E-state index contributed by atoms with van der Waals surface area (Å²) in [6.45, 7) is 1.78. The van der Waals surface area contributed by atoms with Crippen LogP contribution < -0.4 is 10.6 Å². The fourth-order valence-electron chi connectivity index (χ4n) is 4.29. The maximum atomic E-state index is 14.5. The van der Waals surface area contributed by atoms with Crippen LogP contribution in [0.2, 0.25) is 0 Å². The molecule has 2 heterocycles. The van der Waals surface area contributed by atoms with Gasteiger partial charge in [-0.25, -0.2) is 4.39 Å². The van der Waals surface area contributed by atoms with Gasteiger partial charge in [-0.15, -0.1) is 12.4 Å². The summed E-state index contributed by atoms with van der Waals surface area (Å²) in [5.74, 6) is 0.315. The highest BCUT2D eigenvalue weighted by Gasteiger charge is 2.44. The van der Waals surface area contributed by atoms with Crippen molar-refractivity contribution in [3.05, 3.63) is 0 Å². The predicted octanol–water partition coefficient (Wildman–Crippen LogP) is 2.19. The lowest BCUT2D eigenvalue weighted by atomic mass is 9.86. The number of carbonyl (C=O) groups is 2. The molecular weight excluding hydrogens is 345 g/mol. The minimum atomic E-state index is -1.73. The number of carbonyl (C=O) groups excluding carboxylic acids is 2. The van der Waals surface area contributed by atoms with Crippen LogP contribution >= 0.6 is 12.4 Å². The first kappa shape index (κ1) is 20.4. The minimum Gasteiger partial charge on any atom is -0.353 e. The van der Waals surface area contributed by atoms with E-state index in [1.807, 2.05) is 0 Å². The van der Waals surface area contributed by atoms with Crippen LogP contribution in [0.4, 0.5) is 4.39 Å². The van der Waals surface area contributed by atoms with E-state index in [4.69, 9.17) is 0 Å². The average Bonchev–Trinajstić information content (AvgIpc) is 3.04. The molecule has 1 unspecified atom stereocenters. The van der Waals surface area contributed by atoms with E-state index in [2.05, 4.69) is 10.6 Å². The molecule has 2 amide bonds. The predicted molar refractivity (Wildman–Crippen MR) is 97.5 cm³/mol. The van der Waals surface area contributed by atoms with Gasteiger partial charge in [-0.1, -0.05) is 19.3 Å². The minimum absolute atomic E-state index is 0. The number of piperidine rings is 1. The van der Waals surface area contributed by atoms with Gasteiger partial charge in [0.15, 0.2) is 0 Å². The van der Waals surface area contributed by atoms with E-state index in [0.29, 0.717) is 32.0 Å². The molecule has 0 bridgehead atoms. The van der Waals surface area contributed by atoms with E-state index < -0.39 is 5.67 Å². The molecule has 0 aromatic carbocycles. The second kappa shape index (κ2) is 9.17. The lowest BCUT2D eigenvalue weighted by molar-refractivity contribution is -0.144. The Morgan fingerprint density at radius 1 is 1.12 bits per heavy atom. The zero-order valence-corrected chi connectivity index (χ0v) is 15.7. The summed E-state index contributed by atoms with van der Waals surface area (Å²) in [4.78, 5) is 26.2. The number of hydrogen-bond acceptors (Lipinski definition) is 3. The first-order chi connectivity index (χ1) is 11.6. The number of amides is 2. The van der Waals surface area contributed by atoms with Gasteiger partial charge in [0.1, 0.15) is 0 Å². The molecular formula is C18H31ClFN3O2. The lowest BCUT2D eigenvalue weighted by Crippen LogP contribution is -2.53. The van der Waals surface area contributed by atoms with Crippen LogP contribution in [0, 0.1) is 5.92 Å². The quantitative estimate of drug-likeness (QED) is 0.791. The first-order valence-corrected chi connectivity index (χ1v) is 9.55. The molecule has 2 saturated heterocycles. The Hall–Kier alpha value is -0.880. The summed E-state index contributed by atoms with van der Waals surface area (Å²) in [6.07, 6.45) is 8.51. The molecule has 3 aliphatic rings. The highest BCUT2D eigenvalue weighted by molar-refractivity contribution is 5.86. The molecule has 0 radical (unpaired) electrons. The molecule has 0 spiro atoms. The number of nitrogens with zero attached hydrogens (tertiary/aromatic N) is 1. The zero-order valence-electron chi connectivity index (χ0n) is 14.9. The van der Waals surface area contributed by atoms with Crippen LogP contribution in [0.25, 0.3) is 0 Å². The molecule has 7 heteroatoms. The number of nitrogens with one attached hydrogen (secondary N) is 2. The Kier molecular flexibility index (Phi) is 7.50. The molecule has 0 aromatic heterocycles. The topological polar surface area (TPSA) is 61.4 Å². The molecule has 0 aromatic rings. The monoisotopic (exact) mass is 375 g/mol. The number of rotatable bonds is 4. The summed E-state index contributed by atoms with van der Waals surface area (Å²) in [5, 5.41) is 6.05. The van der Waals surface area contributed by atoms with Crippen molar-refractivity contribution < 1.29 is 14.0 Å². The van der Waals surface area contributed by atoms with Crippen LogP contribution in [0.3, 0.4) is 0 Å². The summed E-state index contributed by atoms with van der Waals surface area (Å²) in [6, 6.07) is 0.127. The molecule has 2 aliphatic heterocycles. The van der Waals surface area contributed by atoms with Crippen LogP contribution in [-0.4, -0.2) is 54.6 Å². The van der Waals surface area contributed by atoms with E-state index in [0.717, 1.165) is 12.8 Å². The molecule has 3 rings (SSSR count). The maximum absolute atomic E-state index is 14.5. The Morgan fingerprint density at radius 2 is 1.80 bits per heavy atom. The zero-order chi connectivity index (χ0) is 17.0. The van der Waals surface area contributed by atoms with Crippen molar-refractivity contribution in [1.29, 1.82) is 0 Å². The number of likely N-dealkylation sites (tertiary alicyclic amines) is 1. The van der Waals surface area contributed by atoms with Gasteiger partial charge >= 0.3 is 0 Å². The molecule has 1 aliphatic carbocycles. The van der Waals surface area contributed by atoms with Gasteiger partial charge in [0, 0.05) is 38.5 Å². The van der Waals surface area contributed by atoms with Gasteiger partial charge in [0.2, 0.25) is 11.6 Å². The van der Waals surface area contributed by atoms with E-state index in [1.54, 1.807) is 4.90 Å². The second-order valence-electron chi connectivity index (χ2n) is 7.73. The third kappa shape index (κ3) is 5.30.